The lowest BCUT2D eigenvalue weighted by atomic mass is 9.97. The van der Waals surface area contributed by atoms with Crippen LogP contribution in [0.2, 0.25) is 0 Å². The molecule has 1 saturated carbocycles. The summed E-state index contributed by atoms with van der Waals surface area (Å²) in [5.74, 6) is 2.12. The SMILES string of the molecule is Cn1c(SCCCN2CC[C@]3(CC3c3ccc(C(F)(F)F)cc3)C2)nnc1-c1ccccn1. The minimum atomic E-state index is -4.27. The van der Waals surface area contributed by atoms with Gasteiger partial charge in [0.05, 0.1) is 5.56 Å². The molecule has 2 aliphatic rings. The van der Waals surface area contributed by atoms with Gasteiger partial charge in [0.2, 0.25) is 0 Å². The molecule has 174 valence electrons. The first-order valence-electron chi connectivity index (χ1n) is 11.2. The number of nitrogens with zero attached hydrogens (tertiary/aromatic N) is 5. The first kappa shape index (κ1) is 22.4. The minimum absolute atomic E-state index is 0.258. The number of aromatic nitrogens is 4. The third-order valence-corrected chi connectivity index (χ3v) is 7.98. The third-order valence-electron chi connectivity index (χ3n) is 6.87. The molecule has 0 amide bonds. The van der Waals surface area contributed by atoms with E-state index in [9.17, 15) is 13.2 Å². The molecule has 0 bridgehead atoms. The van der Waals surface area contributed by atoms with E-state index in [1.165, 1.54) is 12.1 Å². The number of alkyl halides is 3. The summed E-state index contributed by atoms with van der Waals surface area (Å²) >= 11 is 1.71. The second-order valence-electron chi connectivity index (χ2n) is 9.05. The molecule has 1 unspecified atom stereocenters. The zero-order chi connectivity index (χ0) is 23.1. The van der Waals surface area contributed by atoms with Crippen LogP contribution in [-0.4, -0.2) is 50.0 Å². The van der Waals surface area contributed by atoms with E-state index in [0.717, 1.165) is 66.9 Å². The Morgan fingerprint density at radius 1 is 1.12 bits per heavy atom. The number of hydrogen-bond acceptors (Lipinski definition) is 5. The second-order valence-corrected chi connectivity index (χ2v) is 10.1. The van der Waals surface area contributed by atoms with Gasteiger partial charge >= 0.3 is 6.18 Å². The average Bonchev–Trinajstić information content (AvgIpc) is 3.15. The highest BCUT2D eigenvalue weighted by atomic mass is 32.2. The van der Waals surface area contributed by atoms with Gasteiger partial charge in [-0.25, -0.2) is 0 Å². The summed E-state index contributed by atoms with van der Waals surface area (Å²) in [6, 6.07) is 11.5. The van der Waals surface area contributed by atoms with Crippen molar-refractivity contribution < 1.29 is 13.2 Å². The topological polar surface area (TPSA) is 46.8 Å². The molecule has 0 radical (unpaired) electrons. The van der Waals surface area contributed by atoms with Gasteiger partial charge in [-0.05, 0) is 73.5 Å². The van der Waals surface area contributed by atoms with Crippen molar-refractivity contribution >= 4 is 11.8 Å². The van der Waals surface area contributed by atoms with Crippen LogP contribution < -0.4 is 0 Å². The Morgan fingerprint density at radius 2 is 1.94 bits per heavy atom. The van der Waals surface area contributed by atoms with Crippen LogP contribution in [0.15, 0.2) is 53.8 Å². The van der Waals surface area contributed by atoms with Gasteiger partial charge in [-0.1, -0.05) is 30.0 Å². The highest BCUT2D eigenvalue weighted by Gasteiger charge is 2.57. The molecule has 1 spiro atoms. The van der Waals surface area contributed by atoms with Crippen molar-refractivity contribution in [2.24, 2.45) is 12.5 Å². The van der Waals surface area contributed by atoms with E-state index in [4.69, 9.17) is 0 Å². The van der Waals surface area contributed by atoms with Gasteiger partial charge in [0.15, 0.2) is 11.0 Å². The summed E-state index contributed by atoms with van der Waals surface area (Å²) in [7, 11) is 1.96. The van der Waals surface area contributed by atoms with E-state index in [0.29, 0.717) is 5.92 Å². The van der Waals surface area contributed by atoms with Crippen molar-refractivity contribution in [3.63, 3.8) is 0 Å². The summed E-state index contributed by atoms with van der Waals surface area (Å²) in [6.45, 7) is 3.13. The lowest BCUT2D eigenvalue weighted by Crippen LogP contribution is -2.23. The number of pyridine rings is 1. The molecule has 3 heterocycles. The lowest BCUT2D eigenvalue weighted by Gasteiger charge is -2.16. The monoisotopic (exact) mass is 473 g/mol. The highest BCUT2D eigenvalue weighted by Crippen LogP contribution is 2.64. The number of halogens is 3. The smallest absolute Gasteiger partial charge is 0.304 e. The van der Waals surface area contributed by atoms with Gasteiger partial charge in [0, 0.05) is 25.5 Å². The number of benzene rings is 1. The van der Waals surface area contributed by atoms with Gasteiger partial charge in [0.25, 0.3) is 0 Å². The summed E-state index contributed by atoms with van der Waals surface area (Å²) in [5.41, 5.74) is 1.55. The van der Waals surface area contributed by atoms with E-state index in [1.807, 2.05) is 29.8 Å². The van der Waals surface area contributed by atoms with Crippen molar-refractivity contribution in [3.8, 4) is 11.5 Å². The number of thioether (sulfide) groups is 1. The van der Waals surface area contributed by atoms with Crippen LogP contribution in [0, 0.1) is 5.41 Å². The Labute approximate surface area is 195 Å². The maximum Gasteiger partial charge on any atom is 0.416 e. The van der Waals surface area contributed by atoms with Gasteiger partial charge in [0.1, 0.15) is 5.69 Å². The lowest BCUT2D eigenvalue weighted by molar-refractivity contribution is -0.137. The molecule has 5 nitrogen and oxygen atoms in total. The summed E-state index contributed by atoms with van der Waals surface area (Å²) in [6.07, 6.45) is 0.743. The van der Waals surface area contributed by atoms with Crippen molar-refractivity contribution in [3.05, 3.63) is 59.8 Å². The van der Waals surface area contributed by atoms with E-state index < -0.39 is 11.7 Å². The Bertz CT molecular complexity index is 1100. The Morgan fingerprint density at radius 3 is 2.67 bits per heavy atom. The number of rotatable bonds is 7. The first-order valence-corrected chi connectivity index (χ1v) is 12.2. The van der Waals surface area contributed by atoms with Crippen molar-refractivity contribution in [1.29, 1.82) is 0 Å². The predicted octanol–water partition coefficient (Wildman–Crippen LogP) is 5.26. The van der Waals surface area contributed by atoms with Gasteiger partial charge in [-0.15, -0.1) is 10.2 Å². The molecule has 1 aliphatic carbocycles. The van der Waals surface area contributed by atoms with Crippen LogP contribution in [0.25, 0.3) is 11.5 Å². The van der Waals surface area contributed by atoms with E-state index in [-0.39, 0.29) is 5.41 Å². The van der Waals surface area contributed by atoms with Crippen LogP contribution in [0.1, 0.15) is 36.3 Å². The molecule has 0 N–H and O–H groups in total. The zero-order valence-electron chi connectivity index (χ0n) is 18.4. The average molecular weight is 474 g/mol. The summed E-state index contributed by atoms with van der Waals surface area (Å²) in [5, 5.41) is 9.48. The quantitative estimate of drug-likeness (QED) is 0.346. The first-order chi connectivity index (χ1) is 15.9. The fraction of sp³-hybridized carbons (Fsp3) is 0.458. The molecule has 33 heavy (non-hydrogen) atoms. The van der Waals surface area contributed by atoms with E-state index >= 15 is 0 Å². The van der Waals surface area contributed by atoms with Crippen LogP contribution >= 0.6 is 11.8 Å². The van der Waals surface area contributed by atoms with Crippen LogP contribution in [-0.2, 0) is 13.2 Å². The molecule has 5 rings (SSSR count). The van der Waals surface area contributed by atoms with Gasteiger partial charge < -0.3 is 9.47 Å². The fourth-order valence-electron chi connectivity index (χ4n) is 4.96. The highest BCUT2D eigenvalue weighted by molar-refractivity contribution is 7.99. The largest absolute Gasteiger partial charge is 0.416 e. The van der Waals surface area contributed by atoms with E-state index in [1.54, 1.807) is 30.1 Å². The molecule has 9 heteroatoms. The van der Waals surface area contributed by atoms with Gasteiger partial charge in [-0.2, -0.15) is 13.2 Å². The molecule has 1 aromatic carbocycles. The van der Waals surface area contributed by atoms with E-state index in [2.05, 4.69) is 20.1 Å². The molecular weight excluding hydrogens is 447 g/mol. The van der Waals surface area contributed by atoms with Crippen LogP contribution in [0.3, 0.4) is 0 Å². The molecule has 3 aromatic rings. The van der Waals surface area contributed by atoms with Crippen molar-refractivity contribution in [1.82, 2.24) is 24.6 Å². The van der Waals surface area contributed by atoms with Crippen LogP contribution in [0.5, 0.6) is 0 Å². The molecule has 1 aliphatic heterocycles. The minimum Gasteiger partial charge on any atom is -0.304 e. The summed E-state index contributed by atoms with van der Waals surface area (Å²) in [4.78, 5) is 6.85. The molecular formula is C24H26F3N5S. The maximum absolute atomic E-state index is 12.8. The number of hydrogen-bond donors (Lipinski definition) is 0. The van der Waals surface area contributed by atoms with Crippen LogP contribution in [0.4, 0.5) is 13.2 Å². The van der Waals surface area contributed by atoms with Crippen molar-refractivity contribution in [2.45, 2.75) is 36.5 Å². The second kappa shape index (κ2) is 8.76. The molecule has 1 saturated heterocycles. The maximum atomic E-state index is 12.8. The summed E-state index contributed by atoms with van der Waals surface area (Å²) < 4.78 is 40.4. The van der Waals surface area contributed by atoms with Gasteiger partial charge in [-0.3, -0.25) is 4.98 Å². The molecule has 2 atom stereocenters. The fourth-order valence-corrected chi connectivity index (χ4v) is 5.79. The zero-order valence-corrected chi connectivity index (χ0v) is 19.2. The number of likely N-dealkylation sites (tertiary alicyclic amines) is 1. The molecule has 2 fully saturated rings. The standard InChI is InChI=1S/C24H26F3N5S/c1-31-21(20-5-2-3-11-28-20)29-30-22(31)33-14-4-12-32-13-10-23(16-32)15-19(23)17-6-8-18(9-7-17)24(25,26)27/h2-3,5-9,11,19H,4,10,12-16H2,1H3/t19?,23-/m0/s1. The Hall–Kier alpha value is -2.39. The van der Waals surface area contributed by atoms with Crippen molar-refractivity contribution in [2.75, 3.05) is 25.4 Å². The predicted molar refractivity (Wildman–Crippen MR) is 122 cm³/mol. The third kappa shape index (κ3) is 4.66. The molecule has 2 aromatic heterocycles. The Kier molecular flexibility index (Phi) is 5.95. The normalized spacial score (nSPS) is 22.8. The Balaban J connectivity index is 1.09.